The highest BCUT2D eigenvalue weighted by molar-refractivity contribution is 5.76. The second kappa shape index (κ2) is 5.09. The van der Waals surface area contributed by atoms with Crippen LogP contribution in [-0.4, -0.2) is 47.6 Å². The first-order valence-corrected chi connectivity index (χ1v) is 4.95. The summed E-state index contributed by atoms with van der Waals surface area (Å²) >= 11 is 0. The third-order valence-electron chi connectivity index (χ3n) is 2.49. The van der Waals surface area contributed by atoms with Crippen LogP contribution in [-0.2, 0) is 9.59 Å². The molecule has 0 aliphatic carbocycles. The monoisotopic (exact) mass is 215 g/mol. The highest BCUT2D eigenvalue weighted by atomic mass is 16.4. The molecule has 0 spiro atoms. The van der Waals surface area contributed by atoms with Crippen molar-refractivity contribution in [2.75, 3.05) is 19.6 Å². The summed E-state index contributed by atoms with van der Waals surface area (Å²) in [4.78, 5) is 23.1. The van der Waals surface area contributed by atoms with Gasteiger partial charge in [0.15, 0.2) is 0 Å². The van der Waals surface area contributed by atoms with Gasteiger partial charge in [-0.1, -0.05) is 0 Å². The first-order valence-electron chi connectivity index (χ1n) is 4.95. The normalized spacial score (nSPS) is 27.5. The Kier molecular flexibility index (Phi) is 4.05. The molecule has 0 aromatic rings. The maximum atomic E-state index is 10.7. The van der Waals surface area contributed by atoms with E-state index < -0.39 is 11.9 Å². The van der Waals surface area contributed by atoms with Gasteiger partial charge in [0, 0.05) is 25.6 Å². The fourth-order valence-corrected chi connectivity index (χ4v) is 2.09. The van der Waals surface area contributed by atoms with Crippen molar-refractivity contribution in [1.82, 2.24) is 4.90 Å². The van der Waals surface area contributed by atoms with Crippen LogP contribution in [0.4, 0.5) is 0 Å². The predicted molar refractivity (Wildman–Crippen MR) is 54.0 cm³/mol. The lowest BCUT2D eigenvalue weighted by molar-refractivity contribution is -0.138. The van der Waals surface area contributed by atoms with Crippen LogP contribution in [0.3, 0.4) is 0 Å². The molecule has 1 saturated heterocycles. The molecule has 2 atom stereocenters. The Bertz CT molecular complexity index is 233. The summed E-state index contributed by atoms with van der Waals surface area (Å²) in [6.45, 7) is 1.35. The minimum Gasteiger partial charge on any atom is -0.481 e. The molecule has 1 aliphatic rings. The molecule has 2 unspecified atom stereocenters. The molecule has 1 rings (SSSR count). The van der Waals surface area contributed by atoms with Gasteiger partial charge >= 0.3 is 5.97 Å². The standard InChI is InChI=1S/C9H17N3O3/c10-7-1-6(2-9(14)15)3-12(4-7)5-8(11)13/h6-7H,1-5,10H2,(H2,11,13)(H,14,15). The number of carbonyl (C=O) groups is 2. The van der Waals surface area contributed by atoms with E-state index in [9.17, 15) is 9.59 Å². The van der Waals surface area contributed by atoms with Gasteiger partial charge < -0.3 is 16.6 Å². The lowest BCUT2D eigenvalue weighted by Crippen LogP contribution is -2.49. The number of rotatable bonds is 4. The molecule has 0 bridgehead atoms. The molecule has 6 nitrogen and oxygen atoms in total. The van der Waals surface area contributed by atoms with Gasteiger partial charge in [0.25, 0.3) is 0 Å². The number of likely N-dealkylation sites (tertiary alicyclic amines) is 1. The van der Waals surface area contributed by atoms with E-state index in [1.807, 2.05) is 4.90 Å². The van der Waals surface area contributed by atoms with Crippen molar-refractivity contribution in [3.05, 3.63) is 0 Å². The zero-order chi connectivity index (χ0) is 11.4. The fourth-order valence-electron chi connectivity index (χ4n) is 2.09. The van der Waals surface area contributed by atoms with E-state index in [0.717, 1.165) is 0 Å². The summed E-state index contributed by atoms with van der Waals surface area (Å²) in [7, 11) is 0. The first-order chi connectivity index (χ1) is 6.97. The van der Waals surface area contributed by atoms with Crippen LogP contribution in [0, 0.1) is 5.92 Å². The molecule has 1 aliphatic heterocycles. The SMILES string of the molecule is NC(=O)CN1CC(N)CC(CC(=O)O)C1. The van der Waals surface area contributed by atoms with E-state index in [1.165, 1.54) is 0 Å². The van der Waals surface area contributed by atoms with Gasteiger partial charge in [-0.15, -0.1) is 0 Å². The number of carboxylic acids is 1. The van der Waals surface area contributed by atoms with E-state index in [4.69, 9.17) is 16.6 Å². The fraction of sp³-hybridized carbons (Fsp3) is 0.778. The number of nitrogens with two attached hydrogens (primary N) is 2. The van der Waals surface area contributed by atoms with Crippen LogP contribution in [0.25, 0.3) is 0 Å². The van der Waals surface area contributed by atoms with Crippen molar-refractivity contribution in [2.45, 2.75) is 18.9 Å². The molecule has 1 fully saturated rings. The molecule has 0 radical (unpaired) electrons. The largest absolute Gasteiger partial charge is 0.481 e. The maximum absolute atomic E-state index is 10.7. The number of piperidine rings is 1. The van der Waals surface area contributed by atoms with E-state index in [0.29, 0.717) is 19.5 Å². The van der Waals surface area contributed by atoms with Gasteiger partial charge in [-0.05, 0) is 12.3 Å². The summed E-state index contributed by atoms with van der Waals surface area (Å²) in [6, 6.07) is -0.0672. The Labute approximate surface area is 88.2 Å². The summed E-state index contributed by atoms with van der Waals surface area (Å²) in [6.07, 6.45) is 0.796. The van der Waals surface area contributed by atoms with Crippen LogP contribution >= 0.6 is 0 Å². The van der Waals surface area contributed by atoms with E-state index in [-0.39, 0.29) is 24.9 Å². The number of hydrogen-bond donors (Lipinski definition) is 3. The quantitative estimate of drug-likeness (QED) is 0.534. The number of nitrogens with zero attached hydrogens (tertiary/aromatic N) is 1. The highest BCUT2D eigenvalue weighted by Gasteiger charge is 2.27. The summed E-state index contributed by atoms with van der Waals surface area (Å²) < 4.78 is 0. The topological polar surface area (TPSA) is 110 Å². The van der Waals surface area contributed by atoms with Crippen LogP contribution in [0.2, 0.25) is 0 Å². The zero-order valence-corrected chi connectivity index (χ0v) is 8.56. The average molecular weight is 215 g/mol. The van der Waals surface area contributed by atoms with Crippen LogP contribution in [0.15, 0.2) is 0 Å². The van der Waals surface area contributed by atoms with Gasteiger partial charge in [-0.25, -0.2) is 0 Å². The summed E-state index contributed by atoms with van der Waals surface area (Å²) in [5, 5.41) is 8.67. The minimum absolute atomic E-state index is 0.0191. The van der Waals surface area contributed by atoms with Gasteiger partial charge in [-0.2, -0.15) is 0 Å². The maximum Gasteiger partial charge on any atom is 0.303 e. The Hall–Kier alpha value is -1.14. The molecule has 86 valence electrons. The van der Waals surface area contributed by atoms with Crippen molar-refractivity contribution >= 4 is 11.9 Å². The lowest BCUT2D eigenvalue weighted by Gasteiger charge is -2.34. The summed E-state index contributed by atoms with van der Waals surface area (Å²) in [5.41, 5.74) is 10.9. The Morgan fingerprint density at radius 1 is 1.40 bits per heavy atom. The van der Waals surface area contributed by atoms with Crippen molar-refractivity contribution in [3.8, 4) is 0 Å². The van der Waals surface area contributed by atoms with E-state index in [1.54, 1.807) is 0 Å². The van der Waals surface area contributed by atoms with Gasteiger partial charge in [-0.3, -0.25) is 14.5 Å². The molecule has 0 aromatic carbocycles. The van der Waals surface area contributed by atoms with Crippen LogP contribution in [0.1, 0.15) is 12.8 Å². The number of amides is 1. The lowest BCUT2D eigenvalue weighted by atomic mass is 9.92. The molecular weight excluding hydrogens is 198 g/mol. The number of primary amides is 1. The molecule has 15 heavy (non-hydrogen) atoms. The highest BCUT2D eigenvalue weighted by Crippen LogP contribution is 2.18. The van der Waals surface area contributed by atoms with Crippen LogP contribution in [0.5, 0.6) is 0 Å². The van der Waals surface area contributed by atoms with E-state index in [2.05, 4.69) is 0 Å². The van der Waals surface area contributed by atoms with Gasteiger partial charge in [0.05, 0.1) is 6.54 Å². The van der Waals surface area contributed by atoms with Gasteiger partial charge in [0.2, 0.25) is 5.91 Å². The molecule has 6 heteroatoms. The Balaban J connectivity index is 2.47. The first kappa shape index (κ1) is 11.9. The van der Waals surface area contributed by atoms with Crippen molar-refractivity contribution < 1.29 is 14.7 Å². The Morgan fingerprint density at radius 3 is 2.60 bits per heavy atom. The zero-order valence-electron chi connectivity index (χ0n) is 8.56. The van der Waals surface area contributed by atoms with Crippen molar-refractivity contribution in [3.63, 3.8) is 0 Å². The second-order valence-electron chi connectivity index (χ2n) is 4.12. The molecule has 5 N–H and O–H groups in total. The third kappa shape index (κ3) is 4.26. The Morgan fingerprint density at radius 2 is 2.07 bits per heavy atom. The number of hydrogen-bond acceptors (Lipinski definition) is 4. The van der Waals surface area contributed by atoms with Crippen LogP contribution < -0.4 is 11.5 Å². The van der Waals surface area contributed by atoms with Crippen molar-refractivity contribution in [1.29, 1.82) is 0 Å². The molecule has 0 aromatic heterocycles. The second-order valence-corrected chi connectivity index (χ2v) is 4.12. The number of aliphatic carboxylic acids is 1. The third-order valence-corrected chi connectivity index (χ3v) is 2.49. The predicted octanol–water partition coefficient (Wildman–Crippen LogP) is -1.40. The number of carboxylic acid groups (broad SMARTS) is 1. The molecular formula is C9H17N3O3. The number of carbonyl (C=O) groups excluding carboxylic acids is 1. The summed E-state index contributed by atoms with van der Waals surface area (Å²) in [5.74, 6) is -1.21. The average Bonchev–Trinajstić information content (AvgIpc) is 1.98. The minimum atomic E-state index is -0.826. The van der Waals surface area contributed by atoms with Crippen molar-refractivity contribution in [2.24, 2.45) is 17.4 Å². The molecule has 1 heterocycles. The molecule has 1 amide bonds. The van der Waals surface area contributed by atoms with E-state index >= 15 is 0 Å². The van der Waals surface area contributed by atoms with Gasteiger partial charge in [0.1, 0.15) is 0 Å². The smallest absolute Gasteiger partial charge is 0.303 e. The molecule has 0 saturated carbocycles.